The maximum absolute atomic E-state index is 11.6. The van der Waals surface area contributed by atoms with Gasteiger partial charge in [0, 0.05) is 31.6 Å². The van der Waals surface area contributed by atoms with Gasteiger partial charge < -0.3 is 15.4 Å². The molecule has 5 heteroatoms. The van der Waals surface area contributed by atoms with E-state index in [9.17, 15) is 4.79 Å². The van der Waals surface area contributed by atoms with E-state index < -0.39 is 0 Å². The number of carbonyl (C=O) groups excluding carboxylic acids is 1. The van der Waals surface area contributed by atoms with Crippen LogP contribution in [0.1, 0.15) is 36.9 Å². The molecular weight excluding hydrogens is 254 g/mol. The fourth-order valence-corrected chi connectivity index (χ4v) is 2.23. The Hall–Kier alpha value is -1.62. The minimum atomic E-state index is -0.138. The molecule has 1 atom stereocenters. The number of pyridine rings is 1. The van der Waals surface area contributed by atoms with E-state index in [1.165, 1.54) is 6.42 Å². The molecule has 1 aromatic rings. The van der Waals surface area contributed by atoms with Crippen LogP contribution in [0.5, 0.6) is 0 Å². The van der Waals surface area contributed by atoms with Crippen LogP contribution in [0.25, 0.3) is 0 Å². The van der Waals surface area contributed by atoms with Crippen LogP contribution in [0.2, 0.25) is 0 Å². The Kier molecular flexibility index (Phi) is 5.80. The number of rotatable bonds is 5. The second kappa shape index (κ2) is 7.85. The van der Waals surface area contributed by atoms with E-state index in [2.05, 4.69) is 15.6 Å². The van der Waals surface area contributed by atoms with Gasteiger partial charge >= 0.3 is 6.03 Å². The van der Waals surface area contributed by atoms with Crippen molar-refractivity contribution in [3.63, 3.8) is 0 Å². The molecule has 110 valence electrons. The fourth-order valence-electron chi connectivity index (χ4n) is 2.23. The third-order valence-electron chi connectivity index (χ3n) is 3.45. The number of urea groups is 1. The van der Waals surface area contributed by atoms with E-state index >= 15 is 0 Å². The van der Waals surface area contributed by atoms with Crippen molar-refractivity contribution in [1.82, 2.24) is 15.6 Å². The number of aryl methyl sites for hydroxylation is 1. The molecule has 2 heterocycles. The highest BCUT2D eigenvalue weighted by atomic mass is 16.5. The van der Waals surface area contributed by atoms with Gasteiger partial charge in [0.2, 0.25) is 0 Å². The second-order valence-electron chi connectivity index (χ2n) is 5.19. The number of amides is 2. The summed E-state index contributed by atoms with van der Waals surface area (Å²) >= 11 is 0. The molecule has 20 heavy (non-hydrogen) atoms. The summed E-state index contributed by atoms with van der Waals surface area (Å²) in [4.78, 5) is 15.8. The van der Waals surface area contributed by atoms with Gasteiger partial charge in [-0.3, -0.25) is 4.98 Å². The Morgan fingerprint density at radius 1 is 1.40 bits per heavy atom. The minimum Gasteiger partial charge on any atom is -0.378 e. The molecular formula is C15H23N3O2. The minimum absolute atomic E-state index is 0.138. The lowest BCUT2D eigenvalue weighted by atomic mass is 10.1. The molecule has 1 aliphatic rings. The molecule has 1 unspecified atom stereocenters. The summed E-state index contributed by atoms with van der Waals surface area (Å²) in [6.45, 7) is 3.95. The molecule has 0 saturated carbocycles. The highest BCUT2D eigenvalue weighted by molar-refractivity contribution is 5.73. The van der Waals surface area contributed by atoms with Crippen LogP contribution in [0, 0.1) is 6.92 Å². The van der Waals surface area contributed by atoms with Crippen molar-refractivity contribution >= 4 is 6.03 Å². The van der Waals surface area contributed by atoms with E-state index in [-0.39, 0.29) is 6.03 Å². The van der Waals surface area contributed by atoms with E-state index in [4.69, 9.17) is 4.74 Å². The molecule has 2 N–H and O–H groups in total. The zero-order chi connectivity index (χ0) is 14.2. The lowest BCUT2D eigenvalue weighted by Gasteiger charge is -2.22. The highest BCUT2D eigenvalue weighted by Crippen LogP contribution is 2.14. The van der Waals surface area contributed by atoms with Crippen LogP contribution in [-0.2, 0) is 11.3 Å². The number of hydrogen-bond donors (Lipinski definition) is 2. The molecule has 2 amide bonds. The number of ether oxygens (including phenoxy) is 1. The quantitative estimate of drug-likeness (QED) is 0.867. The topological polar surface area (TPSA) is 63.2 Å². The van der Waals surface area contributed by atoms with Crippen LogP contribution in [0.15, 0.2) is 18.3 Å². The Balaban J connectivity index is 1.59. The van der Waals surface area contributed by atoms with Crippen LogP contribution in [0.3, 0.4) is 0 Å². The zero-order valence-electron chi connectivity index (χ0n) is 12.0. The average Bonchev–Trinajstić information content (AvgIpc) is 2.48. The van der Waals surface area contributed by atoms with Gasteiger partial charge in [0.15, 0.2) is 0 Å². The first kappa shape index (κ1) is 14.8. The monoisotopic (exact) mass is 277 g/mol. The lowest BCUT2D eigenvalue weighted by molar-refractivity contribution is 0.0120. The van der Waals surface area contributed by atoms with Gasteiger partial charge in [-0.05, 0) is 44.2 Å². The second-order valence-corrected chi connectivity index (χ2v) is 5.19. The van der Waals surface area contributed by atoms with Crippen molar-refractivity contribution in [1.29, 1.82) is 0 Å². The summed E-state index contributed by atoms with van der Waals surface area (Å²) in [5.41, 5.74) is 1.98. The fraction of sp³-hybridized carbons (Fsp3) is 0.600. The molecule has 1 aliphatic heterocycles. The van der Waals surface area contributed by atoms with Crippen LogP contribution < -0.4 is 10.6 Å². The highest BCUT2D eigenvalue weighted by Gasteiger charge is 2.13. The normalized spacial score (nSPS) is 18.6. The maximum atomic E-state index is 11.6. The van der Waals surface area contributed by atoms with E-state index in [0.717, 1.165) is 37.1 Å². The third kappa shape index (κ3) is 5.17. The van der Waals surface area contributed by atoms with Gasteiger partial charge in [0.1, 0.15) is 0 Å². The van der Waals surface area contributed by atoms with Gasteiger partial charge in [-0.2, -0.15) is 0 Å². The third-order valence-corrected chi connectivity index (χ3v) is 3.45. The van der Waals surface area contributed by atoms with Crippen LogP contribution in [-0.4, -0.2) is 30.3 Å². The van der Waals surface area contributed by atoms with Gasteiger partial charge in [0.05, 0.1) is 6.10 Å². The van der Waals surface area contributed by atoms with Crippen molar-refractivity contribution in [3.05, 3.63) is 29.6 Å². The van der Waals surface area contributed by atoms with Gasteiger partial charge in [0.25, 0.3) is 0 Å². The van der Waals surface area contributed by atoms with E-state index in [1.807, 2.05) is 19.1 Å². The first-order valence-electron chi connectivity index (χ1n) is 7.29. The summed E-state index contributed by atoms with van der Waals surface area (Å²) in [7, 11) is 0. The zero-order valence-corrected chi connectivity index (χ0v) is 12.0. The predicted molar refractivity (Wildman–Crippen MR) is 77.4 cm³/mol. The van der Waals surface area contributed by atoms with Gasteiger partial charge in [-0.1, -0.05) is 6.07 Å². The first-order valence-corrected chi connectivity index (χ1v) is 7.29. The molecule has 0 bridgehead atoms. The van der Waals surface area contributed by atoms with Gasteiger partial charge in [-0.25, -0.2) is 4.79 Å². The van der Waals surface area contributed by atoms with Crippen molar-refractivity contribution in [2.75, 3.05) is 13.2 Å². The molecule has 0 spiro atoms. The predicted octanol–water partition coefficient (Wildman–Crippen LogP) is 2.15. The maximum Gasteiger partial charge on any atom is 0.315 e. The number of nitrogens with zero attached hydrogens (tertiary/aromatic N) is 1. The summed E-state index contributed by atoms with van der Waals surface area (Å²) < 4.78 is 5.62. The SMILES string of the molecule is Cc1ccc(CNC(=O)NCCC2CCCCO2)cn1. The Bertz CT molecular complexity index is 414. The number of hydrogen-bond acceptors (Lipinski definition) is 3. The van der Waals surface area contributed by atoms with Crippen molar-refractivity contribution in [2.45, 2.75) is 45.3 Å². The molecule has 5 nitrogen and oxygen atoms in total. The summed E-state index contributed by atoms with van der Waals surface area (Å²) in [5, 5.41) is 5.69. The standard InChI is InChI=1S/C15H23N3O2/c1-12-5-6-13(10-17-12)11-18-15(19)16-8-7-14-4-2-3-9-20-14/h5-6,10,14H,2-4,7-9,11H2,1H3,(H2,16,18,19). The molecule has 1 aromatic heterocycles. The average molecular weight is 277 g/mol. The Morgan fingerprint density at radius 2 is 2.30 bits per heavy atom. The molecule has 1 fully saturated rings. The number of carbonyl (C=O) groups is 1. The van der Waals surface area contributed by atoms with Gasteiger partial charge in [-0.15, -0.1) is 0 Å². The Labute approximate surface area is 120 Å². The Morgan fingerprint density at radius 3 is 3.00 bits per heavy atom. The van der Waals surface area contributed by atoms with Crippen LogP contribution >= 0.6 is 0 Å². The van der Waals surface area contributed by atoms with Crippen molar-refractivity contribution in [2.24, 2.45) is 0 Å². The van der Waals surface area contributed by atoms with Crippen molar-refractivity contribution < 1.29 is 9.53 Å². The largest absolute Gasteiger partial charge is 0.378 e. The summed E-state index contributed by atoms with van der Waals surface area (Å²) in [6.07, 6.45) is 6.49. The van der Waals surface area contributed by atoms with E-state index in [0.29, 0.717) is 19.2 Å². The molecule has 2 rings (SSSR count). The molecule has 0 radical (unpaired) electrons. The number of nitrogens with one attached hydrogen (secondary N) is 2. The molecule has 0 aromatic carbocycles. The van der Waals surface area contributed by atoms with Crippen molar-refractivity contribution in [3.8, 4) is 0 Å². The van der Waals surface area contributed by atoms with E-state index in [1.54, 1.807) is 6.20 Å². The molecule has 1 saturated heterocycles. The summed E-state index contributed by atoms with van der Waals surface area (Å²) in [5.74, 6) is 0. The number of aromatic nitrogens is 1. The summed E-state index contributed by atoms with van der Waals surface area (Å²) in [6, 6.07) is 3.77. The smallest absolute Gasteiger partial charge is 0.315 e. The lowest BCUT2D eigenvalue weighted by Crippen LogP contribution is -2.37. The first-order chi connectivity index (χ1) is 9.74. The van der Waals surface area contributed by atoms with Crippen LogP contribution in [0.4, 0.5) is 4.79 Å². The molecule has 0 aliphatic carbocycles.